The van der Waals surface area contributed by atoms with Gasteiger partial charge in [0.05, 0.1) is 12.5 Å². The third kappa shape index (κ3) is 4.70. The van der Waals surface area contributed by atoms with Gasteiger partial charge in [-0.25, -0.2) is 4.79 Å². The third-order valence-corrected chi connectivity index (χ3v) is 2.42. The normalized spacial score (nSPS) is 13.4. The van der Waals surface area contributed by atoms with Crippen molar-refractivity contribution in [2.45, 2.75) is 19.9 Å². The highest BCUT2D eigenvalue weighted by Gasteiger charge is 2.28. The molecule has 0 saturated carbocycles. The average molecular weight is 259 g/mol. The summed E-state index contributed by atoms with van der Waals surface area (Å²) in [6.07, 6.45) is 0. The van der Waals surface area contributed by atoms with Gasteiger partial charge in [-0.15, -0.1) is 0 Å². The second-order valence-corrected chi connectivity index (χ2v) is 3.96. The van der Waals surface area contributed by atoms with Gasteiger partial charge in [-0.2, -0.15) is 0 Å². The molecule has 0 aliphatic carbocycles. The number of likely N-dealkylation sites (N-methyl/N-ethyl adjacent to an activating group) is 1. The molecule has 0 rings (SSSR count). The van der Waals surface area contributed by atoms with E-state index in [4.69, 9.17) is 5.73 Å². The van der Waals surface area contributed by atoms with Crippen molar-refractivity contribution in [1.29, 1.82) is 0 Å². The number of carbonyl (C=O) groups is 3. The molecule has 0 radical (unpaired) electrons. The first kappa shape index (κ1) is 16.4. The van der Waals surface area contributed by atoms with Gasteiger partial charge in [0, 0.05) is 20.6 Å². The molecule has 0 aromatic rings. The predicted molar refractivity (Wildman–Crippen MR) is 65.5 cm³/mol. The van der Waals surface area contributed by atoms with Crippen LogP contribution in [0.25, 0.3) is 0 Å². The zero-order valence-corrected chi connectivity index (χ0v) is 11.2. The van der Waals surface area contributed by atoms with E-state index >= 15 is 0 Å². The van der Waals surface area contributed by atoms with Gasteiger partial charge in [-0.05, 0) is 6.92 Å². The molecule has 0 aliphatic rings. The third-order valence-electron chi connectivity index (χ3n) is 2.42. The number of carbonyl (C=O) groups excluding carboxylic acids is 3. The summed E-state index contributed by atoms with van der Waals surface area (Å²) < 4.78 is 4.66. The summed E-state index contributed by atoms with van der Waals surface area (Å²) in [5.74, 6) is -1.89. The molecule has 0 bridgehead atoms. The number of rotatable bonds is 6. The summed E-state index contributed by atoms with van der Waals surface area (Å²) in [7, 11) is 3.01. The van der Waals surface area contributed by atoms with Crippen LogP contribution in [0.5, 0.6) is 0 Å². The SMILES string of the molecule is CCOC(=O)C(N)C(=O)N(C)CC(C)C(=O)NC. The van der Waals surface area contributed by atoms with Crippen molar-refractivity contribution in [3.05, 3.63) is 0 Å². The first-order valence-electron chi connectivity index (χ1n) is 5.73. The lowest BCUT2D eigenvalue weighted by Gasteiger charge is -2.23. The van der Waals surface area contributed by atoms with Crippen LogP contribution < -0.4 is 11.1 Å². The van der Waals surface area contributed by atoms with Crippen molar-refractivity contribution in [1.82, 2.24) is 10.2 Å². The van der Waals surface area contributed by atoms with Gasteiger partial charge in [0.25, 0.3) is 5.91 Å². The van der Waals surface area contributed by atoms with Gasteiger partial charge < -0.3 is 20.7 Å². The Hall–Kier alpha value is -1.63. The van der Waals surface area contributed by atoms with Crippen LogP contribution in [0.4, 0.5) is 0 Å². The van der Waals surface area contributed by atoms with Crippen LogP contribution in [-0.4, -0.2) is 56.0 Å². The monoisotopic (exact) mass is 259 g/mol. The first-order chi connectivity index (χ1) is 8.34. The topological polar surface area (TPSA) is 102 Å². The number of hydrogen-bond donors (Lipinski definition) is 2. The molecule has 7 nitrogen and oxygen atoms in total. The summed E-state index contributed by atoms with van der Waals surface area (Å²) in [5.41, 5.74) is 5.47. The molecule has 0 aliphatic heterocycles. The van der Waals surface area contributed by atoms with Crippen LogP contribution >= 0.6 is 0 Å². The Morgan fingerprint density at radius 3 is 2.39 bits per heavy atom. The van der Waals surface area contributed by atoms with Crippen LogP contribution in [0.3, 0.4) is 0 Å². The fourth-order valence-electron chi connectivity index (χ4n) is 1.40. The lowest BCUT2D eigenvalue weighted by molar-refractivity contribution is -0.150. The van der Waals surface area contributed by atoms with Crippen molar-refractivity contribution in [3.8, 4) is 0 Å². The largest absolute Gasteiger partial charge is 0.464 e. The van der Waals surface area contributed by atoms with E-state index in [0.29, 0.717) is 0 Å². The molecule has 0 aromatic carbocycles. The van der Waals surface area contributed by atoms with Gasteiger partial charge in [0.2, 0.25) is 5.91 Å². The van der Waals surface area contributed by atoms with Crippen LogP contribution in [-0.2, 0) is 19.1 Å². The molecular weight excluding hydrogens is 238 g/mol. The highest BCUT2D eigenvalue weighted by molar-refractivity contribution is 6.01. The van der Waals surface area contributed by atoms with Gasteiger partial charge in [0.1, 0.15) is 0 Å². The molecular formula is C11H21N3O4. The van der Waals surface area contributed by atoms with Gasteiger partial charge in [-0.1, -0.05) is 6.92 Å². The smallest absolute Gasteiger partial charge is 0.332 e. The Kier molecular flexibility index (Phi) is 6.96. The molecule has 7 heteroatoms. The number of hydrogen-bond acceptors (Lipinski definition) is 5. The molecule has 0 spiro atoms. The summed E-state index contributed by atoms with van der Waals surface area (Å²) >= 11 is 0. The highest BCUT2D eigenvalue weighted by Crippen LogP contribution is 2.01. The Bertz CT molecular complexity index is 319. The van der Waals surface area contributed by atoms with Crippen LogP contribution in [0, 0.1) is 5.92 Å². The number of nitrogens with two attached hydrogens (primary N) is 1. The van der Waals surface area contributed by atoms with Crippen molar-refractivity contribution in [2.24, 2.45) is 11.7 Å². The summed E-state index contributed by atoms with van der Waals surface area (Å²) in [6, 6.07) is -1.34. The van der Waals surface area contributed by atoms with Crippen molar-refractivity contribution < 1.29 is 19.1 Å². The molecule has 0 saturated heterocycles. The Balaban J connectivity index is 4.42. The van der Waals surface area contributed by atoms with Gasteiger partial charge >= 0.3 is 5.97 Å². The molecule has 0 heterocycles. The summed E-state index contributed by atoms with van der Waals surface area (Å²) in [6.45, 7) is 3.66. The van der Waals surface area contributed by atoms with Gasteiger partial charge in [-0.3, -0.25) is 9.59 Å². The number of nitrogens with zero attached hydrogens (tertiary/aromatic N) is 1. The maximum atomic E-state index is 11.8. The molecule has 2 amide bonds. The minimum absolute atomic E-state index is 0.165. The first-order valence-corrected chi connectivity index (χ1v) is 5.73. The molecule has 18 heavy (non-hydrogen) atoms. The minimum atomic E-state index is -1.34. The summed E-state index contributed by atoms with van der Waals surface area (Å²) in [4.78, 5) is 35.6. The molecule has 2 atom stereocenters. The molecule has 3 N–H and O–H groups in total. The quantitative estimate of drug-likeness (QED) is 0.457. The predicted octanol–water partition coefficient (Wildman–Crippen LogP) is -1.28. The van der Waals surface area contributed by atoms with Crippen LogP contribution in [0.15, 0.2) is 0 Å². The fourth-order valence-corrected chi connectivity index (χ4v) is 1.40. The van der Waals surface area contributed by atoms with E-state index < -0.39 is 17.9 Å². The van der Waals surface area contributed by atoms with E-state index in [2.05, 4.69) is 10.1 Å². The Morgan fingerprint density at radius 1 is 1.39 bits per heavy atom. The van der Waals surface area contributed by atoms with Crippen LogP contribution in [0.2, 0.25) is 0 Å². The van der Waals surface area contributed by atoms with E-state index in [9.17, 15) is 14.4 Å². The minimum Gasteiger partial charge on any atom is -0.464 e. The highest BCUT2D eigenvalue weighted by atomic mass is 16.5. The number of esters is 1. The number of ether oxygens (including phenoxy) is 1. The maximum absolute atomic E-state index is 11.8. The lowest BCUT2D eigenvalue weighted by Crippen LogP contribution is -2.49. The molecule has 0 aromatic heterocycles. The average Bonchev–Trinajstić information content (AvgIpc) is 2.35. The standard InChI is InChI=1S/C11H21N3O4/c1-5-18-11(17)8(12)10(16)14(4)6-7(2)9(15)13-3/h7-8H,5-6,12H2,1-4H3,(H,13,15). The zero-order valence-electron chi connectivity index (χ0n) is 11.2. The fraction of sp³-hybridized carbons (Fsp3) is 0.727. The number of amides is 2. The molecule has 2 unspecified atom stereocenters. The Morgan fingerprint density at radius 2 is 1.94 bits per heavy atom. The van der Waals surface area contributed by atoms with Crippen molar-refractivity contribution in [2.75, 3.05) is 27.2 Å². The lowest BCUT2D eigenvalue weighted by atomic mass is 10.1. The van der Waals surface area contributed by atoms with E-state index in [1.165, 1.54) is 19.0 Å². The van der Waals surface area contributed by atoms with Crippen molar-refractivity contribution in [3.63, 3.8) is 0 Å². The van der Waals surface area contributed by atoms with E-state index in [0.717, 1.165) is 0 Å². The van der Waals surface area contributed by atoms with E-state index in [1.807, 2.05) is 0 Å². The maximum Gasteiger partial charge on any atom is 0.332 e. The molecule has 0 fully saturated rings. The Labute approximate surface area is 107 Å². The zero-order chi connectivity index (χ0) is 14.3. The van der Waals surface area contributed by atoms with Crippen molar-refractivity contribution >= 4 is 17.8 Å². The van der Waals surface area contributed by atoms with Crippen LogP contribution in [0.1, 0.15) is 13.8 Å². The summed E-state index contributed by atoms with van der Waals surface area (Å²) in [5, 5.41) is 2.48. The second kappa shape index (κ2) is 7.65. The second-order valence-electron chi connectivity index (χ2n) is 3.96. The van der Waals surface area contributed by atoms with Gasteiger partial charge in [0.15, 0.2) is 6.04 Å². The molecule has 104 valence electrons. The van der Waals surface area contributed by atoms with E-state index in [1.54, 1.807) is 13.8 Å². The number of nitrogens with one attached hydrogen (secondary N) is 1. The van der Waals surface area contributed by atoms with E-state index in [-0.39, 0.29) is 25.0 Å².